The summed E-state index contributed by atoms with van der Waals surface area (Å²) < 4.78 is 5.56. The highest BCUT2D eigenvalue weighted by Gasteiger charge is 2.42. The van der Waals surface area contributed by atoms with Gasteiger partial charge in [0.1, 0.15) is 11.4 Å². The van der Waals surface area contributed by atoms with Gasteiger partial charge in [0.05, 0.1) is 17.9 Å². The van der Waals surface area contributed by atoms with Crippen LogP contribution in [0, 0.1) is 0 Å². The third-order valence-corrected chi connectivity index (χ3v) is 4.99. The molecule has 30 heavy (non-hydrogen) atoms. The topological polar surface area (TPSA) is 49.9 Å². The van der Waals surface area contributed by atoms with E-state index in [-0.39, 0.29) is 11.8 Å². The maximum atomic E-state index is 13.5. The summed E-state index contributed by atoms with van der Waals surface area (Å²) in [7, 11) is 1.80. The molecule has 0 aliphatic carbocycles. The average Bonchev–Trinajstić information content (AvgIpc) is 3.05. The Hall–Kier alpha value is -3.86. The van der Waals surface area contributed by atoms with Gasteiger partial charge in [-0.3, -0.25) is 9.59 Å². The molecule has 0 N–H and O–H groups in total. The minimum Gasteiger partial charge on any atom is -0.494 e. The van der Waals surface area contributed by atoms with Crippen LogP contribution < -0.4 is 14.5 Å². The minimum atomic E-state index is -0.362. The van der Waals surface area contributed by atoms with Crippen molar-refractivity contribution in [1.29, 1.82) is 0 Å². The molecular formula is C25H22N2O3. The van der Waals surface area contributed by atoms with Crippen molar-refractivity contribution < 1.29 is 14.3 Å². The van der Waals surface area contributed by atoms with Crippen molar-refractivity contribution in [3.05, 3.63) is 96.2 Å². The summed E-state index contributed by atoms with van der Waals surface area (Å²) in [5.41, 5.74) is 2.75. The molecule has 5 heteroatoms. The lowest BCUT2D eigenvalue weighted by molar-refractivity contribution is -0.120. The summed E-state index contributed by atoms with van der Waals surface area (Å²) in [5, 5.41) is 0. The molecule has 0 fully saturated rings. The van der Waals surface area contributed by atoms with Gasteiger partial charge in [0, 0.05) is 18.8 Å². The summed E-state index contributed by atoms with van der Waals surface area (Å²) in [6.07, 6.45) is 0. The summed E-state index contributed by atoms with van der Waals surface area (Å²) in [6, 6.07) is 25.9. The van der Waals surface area contributed by atoms with Crippen LogP contribution in [-0.2, 0) is 9.59 Å². The molecule has 2 amide bonds. The van der Waals surface area contributed by atoms with E-state index in [1.165, 1.54) is 4.90 Å². The maximum Gasteiger partial charge on any atom is 0.282 e. The SMILES string of the molecule is CCOc1cccc(N2C(=O)C(c3ccccc3)=C(N(C)c3ccccc3)C2=O)c1. The Morgan fingerprint density at radius 2 is 1.50 bits per heavy atom. The molecule has 0 unspecified atom stereocenters. The van der Waals surface area contributed by atoms with E-state index in [4.69, 9.17) is 4.74 Å². The lowest BCUT2D eigenvalue weighted by Gasteiger charge is -2.21. The van der Waals surface area contributed by atoms with Crippen molar-refractivity contribution in [3.8, 4) is 5.75 Å². The summed E-state index contributed by atoms with van der Waals surface area (Å²) in [4.78, 5) is 30.1. The predicted octanol–water partition coefficient (Wildman–Crippen LogP) is 4.51. The number of amides is 2. The van der Waals surface area contributed by atoms with Gasteiger partial charge in [-0.05, 0) is 36.8 Å². The Morgan fingerprint density at radius 3 is 2.17 bits per heavy atom. The molecule has 1 aliphatic rings. The van der Waals surface area contributed by atoms with Gasteiger partial charge in [-0.25, -0.2) is 4.90 Å². The number of carbonyl (C=O) groups is 2. The lowest BCUT2D eigenvalue weighted by Crippen LogP contribution is -2.34. The molecule has 1 aliphatic heterocycles. The molecular weight excluding hydrogens is 376 g/mol. The number of carbonyl (C=O) groups excluding carboxylic acids is 2. The first-order chi connectivity index (χ1) is 14.6. The van der Waals surface area contributed by atoms with E-state index in [1.807, 2.05) is 67.6 Å². The Morgan fingerprint density at radius 1 is 0.833 bits per heavy atom. The second kappa shape index (κ2) is 8.25. The molecule has 0 saturated carbocycles. The Balaban J connectivity index is 1.83. The van der Waals surface area contributed by atoms with Crippen molar-refractivity contribution in [2.45, 2.75) is 6.92 Å². The van der Waals surface area contributed by atoms with Gasteiger partial charge in [0.2, 0.25) is 0 Å². The number of imide groups is 1. The van der Waals surface area contributed by atoms with Crippen molar-refractivity contribution >= 4 is 28.8 Å². The number of rotatable bonds is 6. The van der Waals surface area contributed by atoms with Crippen molar-refractivity contribution in [3.63, 3.8) is 0 Å². The van der Waals surface area contributed by atoms with Crippen LogP contribution in [0.1, 0.15) is 12.5 Å². The first-order valence-corrected chi connectivity index (χ1v) is 9.82. The molecule has 150 valence electrons. The Bertz CT molecular complexity index is 1110. The molecule has 4 rings (SSSR count). The molecule has 3 aromatic carbocycles. The Labute approximate surface area is 175 Å². The van der Waals surface area contributed by atoms with Gasteiger partial charge in [0.15, 0.2) is 0 Å². The number of benzene rings is 3. The van der Waals surface area contributed by atoms with Crippen molar-refractivity contribution in [2.75, 3.05) is 23.5 Å². The summed E-state index contributed by atoms with van der Waals surface area (Å²) in [5.74, 6) is -0.0989. The van der Waals surface area contributed by atoms with Crippen LogP contribution in [0.25, 0.3) is 5.57 Å². The quantitative estimate of drug-likeness (QED) is 0.574. The number of nitrogens with zero attached hydrogens (tertiary/aromatic N) is 2. The highest BCUT2D eigenvalue weighted by Crippen LogP contribution is 2.36. The van der Waals surface area contributed by atoms with Gasteiger partial charge in [0.25, 0.3) is 11.8 Å². The third kappa shape index (κ3) is 3.46. The van der Waals surface area contributed by atoms with Crippen LogP contribution in [0.2, 0.25) is 0 Å². The van der Waals surface area contributed by atoms with Crippen LogP contribution in [0.5, 0.6) is 5.75 Å². The van der Waals surface area contributed by atoms with Crippen LogP contribution in [0.3, 0.4) is 0 Å². The molecule has 5 nitrogen and oxygen atoms in total. The fourth-order valence-electron chi connectivity index (χ4n) is 3.59. The van der Waals surface area contributed by atoms with E-state index in [9.17, 15) is 9.59 Å². The first kappa shape index (κ1) is 19.5. The van der Waals surface area contributed by atoms with Gasteiger partial charge in [-0.2, -0.15) is 0 Å². The molecule has 0 radical (unpaired) electrons. The first-order valence-electron chi connectivity index (χ1n) is 9.82. The largest absolute Gasteiger partial charge is 0.494 e. The van der Waals surface area contributed by atoms with Crippen LogP contribution in [0.15, 0.2) is 90.6 Å². The predicted molar refractivity (Wildman–Crippen MR) is 118 cm³/mol. The fraction of sp³-hybridized carbons (Fsp3) is 0.120. The number of likely N-dealkylation sites (N-methyl/N-ethyl adjacent to an activating group) is 1. The zero-order chi connectivity index (χ0) is 21.1. The van der Waals surface area contributed by atoms with Crippen LogP contribution >= 0.6 is 0 Å². The van der Waals surface area contributed by atoms with E-state index < -0.39 is 0 Å². The van der Waals surface area contributed by atoms with Gasteiger partial charge in [-0.15, -0.1) is 0 Å². The number of anilines is 2. The normalized spacial score (nSPS) is 13.7. The molecule has 0 bridgehead atoms. The van der Waals surface area contributed by atoms with E-state index in [1.54, 1.807) is 36.2 Å². The highest BCUT2D eigenvalue weighted by molar-refractivity contribution is 6.46. The number of para-hydroxylation sites is 1. The molecule has 0 atom stereocenters. The third-order valence-electron chi connectivity index (χ3n) is 4.99. The number of hydrogen-bond donors (Lipinski definition) is 0. The molecule has 0 saturated heterocycles. The lowest BCUT2D eigenvalue weighted by atomic mass is 10.0. The van der Waals surface area contributed by atoms with E-state index in [2.05, 4.69) is 0 Å². The average molecular weight is 398 g/mol. The van der Waals surface area contributed by atoms with Crippen LogP contribution in [-0.4, -0.2) is 25.5 Å². The highest BCUT2D eigenvalue weighted by atomic mass is 16.5. The zero-order valence-corrected chi connectivity index (χ0v) is 16.9. The monoisotopic (exact) mass is 398 g/mol. The van der Waals surface area contributed by atoms with Crippen LogP contribution in [0.4, 0.5) is 11.4 Å². The fourth-order valence-corrected chi connectivity index (χ4v) is 3.59. The second-order valence-corrected chi connectivity index (χ2v) is 6.86. The molecule has 0 spiro atoms. The van der Waals surface area contributed by atoms with Gasteiger partial charge in [-0.1, -0.05) is 54.6 Å². The molecule has 3 aromatic rings. The summed E-state index contributed by atoms with van der Waals surface area (Å²) >= 11 is 0. The maximum absolute atomic E-state index is 13.5. The van der Waals surface area contributed by atoms with Crippen molar-refractivity contribution in [1.82, 2.24) is 0 Å². The van der Waals surface area contributed by atoms with E-state index in [0.29, 0.717) is 34.9 Å². The zero-order valence-electron chi connectivity index (χ0n) is 16.9. The van der Waals surface area contributed by atoms with Gasteiger partial charge >= 0.3 is 0 Å². The smallest absolute Gasteiger partial charge is 0.282 e. The van der Waals surface area contributed by atoms with Crippen molar-refractivity contribution in [2.24, 2.45) is 0 Å². The summed E-state index contributed by atoms with van der Waals surface area (Å²) in [6.45, 7) is 2.39. The standard InChI is InChI=1S/C25H22N2O3/c1-3-30-21-16-10-15-20(17-21)27-24(28)22(18-11-6-4-7-12-18)23(25(27)29)26(2)19-13-8-5-9-14-19/h4-17H,3H2,1-2H3. The Kier molecular flexibility index (Phi) is 5.35. The van der Waals surface area contributed by atoms with E-state index >= 15 is 0 Å². The molecule has 1 heterocycles. The van der Waals surface area contributed by atoms with E-state index in [0.717, 1.165) is 5.69 Å². The number of hydrogen-bond acceptors (Lipinski definition) is 4. The molecule has 0 aromatic heterocycles. The second-order valence-electron chi connectivity index (χ2n) is 6.86. The number of ether oxygens (including phenoxy) is 1. The van der Waals surface area contributed by atoms with Gasteiger partial charge < -0.3 is 9.64 Å². The minimum absolute atomic E-state index is 0.346.